The highest BCUT2D eigenvalue weighted by molar-refractivity contribution is 5.88. The van der Waals surface area contributed by atoms with Gasteiger partial charge < -0.3 is 15.0 Å². The fourth-order valence-electron chi connectivity index (χ4n) is 4.18. The van der Waals surface area contributed by atoms with E-state index in [2.05, 4.69) is 10.2 Å². The van der Waals surface area contributed by atoms with Crippen molar-refractivity contribution in [3.8, 4) is 5.75 Å². The summed E-state index contributed by atoms with van der Waals surface area (Å²) in [5.41, 5.74) is 1.48. The van der Waals surface area contributed by atoms with E-state index in [0.29, 0.717) is 6.54 Å². The average Bonchev–Trinajstić information content (AvgIpc) is 3.20. The standard InChI is InChI=1S/C23H29FN2O2/c1-26(2)21(17-6-12-20(28-3)13-7-17)16-25-22(27)23(14-4-5-15-23)18-8-10-19(24)11-9-18/h6-13,21H,4-5,14-16H2,1-3H3,(H,25,27)/t21-/m1/s1. The molecule has 0 aliphatic heterocycles. The molecule has 1 atom stereocenters. The van der Waals surface area contributed by atoms with Crippen LogP contribution in [0.3, 0.4) is 0 Å². The predicted octanol–water partition coefficient (Wildman–Crippen LogP) is 4.07. The van der Waals surface area contributed by atoms with Crippen molar-refractivity contribution in [1.82, 2.24) is 10.2 Å². The molecule has 3 rings (SSSR count). The summed E-state index contributed by atoms with van der Waals surface area (Å²) in [5.74, 6) is 0.577. The highest BCUT2D eigenvalue weighted by Crippen LogP contribution is 2.41. The van der Waals surface area contributed by atoms with Crippen LogP contribution < -0.4 is 10.1 Å². The lowest BCUT2D eigenvalue weighted by Crippen LogP contribution is -2.45. The molecule has 1 amide bonds. The Bertz CT molecular complexity index is 781. The predicted molar refractivity (Wildman–Crippen MR) is 109 cm³/mol. The Labute approximate surface area is 166 Å². The van der Waals surface area contributed by atoms with E-state index in [9.17, 15) is 9.18 Å². The van der Waals surface area contributed by atoms with Crippen LogP contribution in [-0.2, 0) is 10.2 Å². The van der Waals surface area contributed by atoms with Gasteiger partial charge >= 0.3 is 0 Å². The molecule has 0 bridgehead atoms. The van der Waals surface area contributed by atoms with Gasteiger partial charge in [0, 0.05) is 6.54 Å². The van der Waals surface area contributed by atoms with E-state index < -0.39 is 5.41 Å². The van der Waals surface area contributed by atoms with Gasteiger partial charge in [-0.2, -0.15) is 0 Å². The molecular formula is C23H29FN2O2. The first-order chi connectivity index (χ1) is 13.5. The first kappa shape index (κ1) is 20.3. The Kier molecular flexibility index (Phi) is 6.35. The van der Waals surface area contributed by atoms with Gasteiger partial charge in [0.1, 0.15) is 11.6 Å². The Hall–Kier alpha value is -2.40. The van der Waals surface area contributed by atoms with E-state index in [1.165, 1.54) is 12.1 Å². The summed E-state index contributed by atoms with van der Waals surface area (Å²) >= 11 is 0. The second-order valence-corrected chi connectivity index (χ2v) is 7.76. The zero-order valence-electron chi connectivity index (χ0n) is 16.9. The second kappa shape index (κ2) is 8.74. The number of hydrogen-bond acceptors (Lipinski definition) is 3. The van der Waals surface area contributed by atoms with Crippen molar-refractivity contribution < 1.29 is 13.9 Å². The molecule has 0 heterocycles. The van der Waals surface area contributed by atoms with Gasteiger partial charge in [0.25, 0.3) is 0 Å². The highest BCUT2D eigenvalue weighted by atomic mass is 19.1. The summed E-state index contributed by atoms with van der Waals surface area (Å²) in [6, 6.07) is 14.4. The number of halogens is 1. The Balaban J connectivity index is 1.76. The van der Waals surface area contributed by atoms with Crippen LogP contribution in [-0.4, -0.2) is 38.6 Å². The third kappa shape index (κ3) is 4.20. The van der Waals surface area contributed by atoms with Crippen molar-refractivity contribution in [3.63, 3.8) is 0 Å². The van der Waals surface area contributed by atoms with Gasteiger partial charge in [-0.25, -0.2) is 4.39 Å². The van der Waals surface area contributed by atoms with Crippen LogP contribution in [0, 0.1) is 5.82 Å². The van der Waals surface area contributed by atoms with Gasteiger partial charge in [-0.1, -0.05) is 37.1 Å². The van der Waals surface area contributed by atoms with Crippen LogP contribution in [0.25, 0.3) is 0 Å². The van der Waals surface area contributed by atoms with Crippen molar-refractivity contribution in [2.75, 3.05) is 27.7 Å². The van der Waals surface area contributed by atoms with Gasteiger partial charge in [-0.15, -0.1) is 0 Å². The van der Waals surface area contributed by atoms with Crippen LogP contribution in [0.15, 0.2) is 48.5 Å². The first-order valence-electron chi connectivity index (χ1n) is 9.81. The highest BCUT2D eigenvalue weighted by Gasteiger charge is 2.42. The molecule has 2 aromatic rings. The molecule has 1 fully saturated rings. The van der Waals surface area contributed by atoms with Crippen LogP contribution >= 0.6 is 0 Å². The van der Waals surface area contributed by atoms with Crippen LogP contribution in [0.4, 0.5) is 4.39 Å². The summed E-state index contributed by atoms with van der Waals surface area (Å²) in [5, 5.41) is 3.18. The van der Waals surface area contributed by atoms with Crippen molar-refractivity contribution in [2.24, 2.45) is 0 Å². The summed E-state index contributed by atoms with van der Waals surface area (Å²) in [4.78, 5) is 15.4. The zero-order chi connectivity index (χ0) is 20.1. The van der Waals surface area contributed by atoms with Crippen molar-refractivity contribution in [1.29, 1.82) is 0 Å². The fraction of sp³-hybridized carbons (Fsp3) is 0.435. The molecule has 4 nitrogen and oxygen atoms in total. The van der Waals surface area contributed by atoms with Gasteiger partial charge in [-0.3, -0.25) is 4.79 Å². The maximum atomic E-state index is 13.4. The number of carbonyl (C=O) groups is 1. The molecule has 2 aromatic carbocycles. The SMILES string of the molecule is COc1ccc([C@@H](CNC(=O)C2(c3ccc(F)cc3)CCCC2)N(C)C)cc1. The number of benzene rings is 2. The topological polar surface area (TPSA) is 41.6 Å². The van der Waals surface area contributed by atoms with Gasteiger partial charge in [0.05, 0.1) is 18.6 Å². The lowest BCUT2D eigenvalue weighted by molar-refractivity contribution is -0.126. The lowest BCUT2D eigenvalue weighted by Gasteiger charge is -2.31. The molecule has 0 aromatic heterocycles. The largest absolute Gasteiger partial charge is 0.497 e. The summed E-state index contributed by atoms with van der Waals surface area (Å²) < 4.78 is 18.6. The number of methoxy groups -OCH3 is 1. The van der Waals surface area contributed by atoms with Crippen LogP contribution in [0.5, 0.6) is 5.75 Å². The zero-order valence-corrected chi connectivity index (χ0v) is 16.9. The number of carbonyl (C=O) groups excluding carboxylic acids is 1. The van der Waals surface area contributed by atoms with Crippen LogP contribution in [0.1, 0.15) is 42.9 Å². The Morgan fingerprint density at radius 1 is 1.11 bits per heavy atom. The lowest BCUT2D eigenvalue weighted by atomic mass is 9.78. The van der Waals surface area contributed by atoms with E-state index in [0.717, 1.165) is 42.6 Å². The quantitative estimate of drug-likeness (QED) is 0.783. The first-order valence-corrected chi connectivity index (χ1v) is 9.81. The maximum Gasteiger partial charge on any atom is 0.230 e. The minimum Gasteiger partial charge on any atom is -0.497 e. The monoisotopic (exact) mass is 384 g/mol. The molecule has 28 heavy (non-hydrogen) atoms. The van der Waals surface area contributed by atoms with E-state index in [1.807, 2.05) is 38.4 Å². The van der Waals surface area contributed by atoms with Crippen molar-refractivity contribution in [2.45, 2.75) is 37.1 Å². The Morgan fingerprint density at radius 2 is 1.71 bits per heavy atom. The van der Waals surface area contributed by atoms with Gasteiger partial charge in [0.15, 0.2) is 0 Å². The van der Waals surface area contributed by atoms with Crippen molar-refractivity contribution >= 4 is 5.91 Å². The van der Waals surface area contributed by atoms with E-state index in [1.54, 1.807) is 19.2 Å². The summed E-state index contributed by atoms with van der Waals surface area (Å²) in [6.45, 7) is 0.515. The molecule has 0 spiro atoms. The smallest absolute Gasteiger partial charge is 0.230 e. The Morgan fingerprint density at radius 3 is 2.25 bits per heavy atom. The number of likely N-dealkylation sites (N-methyl/N-ethyl adjacent to an activating group) is 1. The minimum atomic E-state index is -0.551. The molecule has 0 saturated heterocycles. The molecular weight excluding hydrogens is 355 g/mol. The average molecular weight is 384 g/mol. The molecule has 0 radical (unpaired) electrons. The normalized spacial score (nSPS) is 16.8. The van der Waals surface area contributed by atoms with E-state index >= 15 is 0 Å². The summed E-state index contributed by atoms with van der Waals surface area (Å²) in [7, 11) is 5.66. The molecule has 1 aliphatic carbocycles. The number of nitrogens with zero attached hydrogens (tertiary/aromatic N) is 1. The summed E-state index contributed by atoms with van der Waals surface area (Å²) in [6.07, 6.45) is 3.64. The number of nitrogens with one attached hydrogen (secondary N) is 1. The van der Waals surface area contributed by atoms with Crippen LogP contribution in [0.2, 0.25) is 0 Å². The third-order valence-corrected chi connectivity index (χ3v) is 5.87. The molecule has 1 saturated carbocycles. The second-order valence-electron chi connectivity index (χ2n) is 7.76. The van der Waals surface area contributed by atoms with E-state index in [4.69, 9.17) is 4.74 Å². The van der Waals surface area contributed by atoms with Gasteiger partial charge in [0.2, 0.25) is 5.91 Å². The molecule has 1 aliphatic rings. The fourth-order valence-corrected chi connectivity index (χ4v) is 4.18. The molecule has 0 unspecified atom stereocenters. The molecule has 150 valence electrons. The maximum absolute atomic E-state index is 13.4. The van der Waals surface area contributed by atoms with Gasteiger partial charge in [-0.05, 0) is 62.3 Å². The number of hydrogen-bond donors (Lipinski definition) is 1. The number of ether oxygens (including phenoxy) is 1. The number of rotatable bonds is 7. The molecule has 5 heteroatoms. The van der Waals surface area contributed by atoms with Crippen molar-refractivity contribution in [3.05, 3.63) is 65.5 Å². The molecule has 1 N–H and O–H groups in total. The number of amides is 1. The minimum absolute atomic E-state index is 0.0389. The van der Waals surface area contributed by atoms with E-state index in [-0.39, 0.29) is 17.8 Å². The third-order valence-electron chi connectivity index (χ3n) is 5.87.